The zero-order valence-electron chi connectivity index (χ0n) is 7.04. The Morgan fingerprint density at radius 1 is 1.36 bits per heavy atom. The fraction of sp³-hybridized carbons (Fsp3) is 0. The van der Waals surface area contributed by atoms with Gasteiger partial charge in [0.15, 0.2) is 0 Å². The number of thiol groups is 1. The highest BCUT2D eigenvalue weighted by Gasteiger charge is 2.12. The molecule has 0 aliphatic heterocycles. The molecule has 14 heavy (non-hydrogen) atoms. The summed E-state index contributed by atoms with van der Waals surface area (Å²) < 4.78 is 0. The number of nitro groups is 1. The van der Waals surface area contributed by atoms with Crippen LogP contribution in [0.25, 0.3) is 10.9 Å². The quantitative estimate of drug-likeness (QED) is 0.443. The average Bonchev–Trinajstić information content (AvgIpc) is 2.18. The first-order valence-electron chi connectivity index (χ1n) is 3.91. The first-order valence-corrected chi connectivity index (χ1v) is 4.36. The molecule has 70 valence electrons. The minimum absolute atomic E-state index is 0.0610. The molecule has 0 bridgehead atoms. The van der Waals surface area contributed by atoms with E-state index in [1.165, 1.54) is 6.07 Å². The first-order chi connectivity index (χ1) is 6.70. The van der Waals surface area contributed by atoms with E-state index in [4.69, 9.17) is 0 Å². The van der Waals surface area contributed by atoms with Gasteiger partial charge in [-0.25, -0.2) is 0 Å². The first kappa shape index (κ1) is 8.96. The Bertz CT molecular complexity index is 513. The van der Waals surface area contributed by atoms with Crippen molar-refractivity contribution < 1.29 is 4.92 Å². The zero-order chi connectivity index (χ0) is 10.1. The number of hydrogen-bond donors (Lipinski definition) is 1. The molecule has 4 nitrogen and oxygen atoms in total. The summed E-state index contributed by atoms with van der Waals surface area (Å²) in [7, 11) is 0. The summed E-state index contributed by atoms with van der Waals surface area (Å²) in [5.74, 6) is 0. The van der Waals surface area contributed by atoms with Crippen molar-refractivity contribution in [1.82, 2.24) is 4.98 Å². The molecule has 0 N–H and O–H groups in total. The van der Waals surface area contributed by atoms with Crippen LogP contribution in [0.15, 0.2) is 35.4 Å². The molecular weight excluding hydrogens is 200 g/mol. The summed E-state index contributed by atoms with van der Waals surface area (Å²) >= 11 is 4.18. The van der Waals surface area contributed by atoms with Crippen molar-refractivity contribution in [2.24, 2.45) is 0 Å². The van der Waals surface area contributed by atoms with Crippen LogP contribution in [0.5, 0.6) is 0 Å². The van der Waals surface area contributed by atoms with Gasteiger partial charge in [0.25, 0.3) is 5.69 Å². The maximum absolute atomic E-state index is 10.7. The van der Waals surface area contributed by atoms with Crippen LogP contribution in [0.4, 0.5) is 5.69 Å². The molecule has 0 aliphatic carbocycles. The maximum Gasteiger partial charge on any atom is 0.278 e. The van der Waals surface area contributed by atoms with E-state index in [-0.39, 0.29) is 5.69 Å². The number of fused-ring (bicyclic) bond motifs is 1. The third-order valence-corrected chi connectivity index (χ3v) is 2.28. The van der Waals surface area contributed by atoms with Crippen molar-refractivity contribution in [3.8, 4) is 0 Å². The smallest absolute Gasteiger partial charge is 0.258 e. The second-order valence-electron chi connectivity index (χ2n) is 2.76. The Morgan fingerprint density at radius 3 is 2.86 bits per heavy atom. The van der Waals surface area contributed by atoms with Crippen LogP contribution in [0.2, 0.25) is 0 Å². The van der Waals surface area contributed by atoms with Gasteiger partial charge in [0.05, 0.1) is 15.8 Å². The lowest BCUT2D eigenvalue weighted by atomic mass is 10.2. The molecule has 0 amide bonds. The highest BCUT2D eigenvalue weighted by molar-refractivity contribution is 7.80. The minimum atomic E-state index is -0.419. The molecule has 0 unspecified atom stereocenters. The SMILES string of the molecule is O=[N+]([O-])c1ccc(S)c2ncccc12. The largest absolute Gasteiger partial charge is 0.278 e. The van der Waals surface area contributed by atoms with Crippen LogP contribution in [-0.2, 0) is 0 Å². The van der Waals surface area contributed by atoms with Gasteiger partial charge in [0, 0.05) is 17.2 Å². The third-order valence-electron chi connectivity index (χ3n) is 1.92. The van der Waals surface area contributed by atoms with E-state index in [0.29, 0.717) is 15.8 Å². The van der Waals surface area contributed by atoms with Crippen LogP contribution in [0.3, 0.4) is 0 Å². The highest BCUT2D eigenvalue weighted by atomic mass is 32.1. The Morgan fingerprint density at radius 2 is 2.14 bits per heavy atom. The number of pyridine rings is 1. The zero-order valence-corrected chi connectivity index (χ0v) is 7.94. The summed E-state index contributed by atoms with van der Waals surface area (Å²) in [5.41, 5.74) is 0.621. The van der Waals surface area contributed by atoms with Gasteiger partial charge in [0.2, 0.25) is 0 Å². The van der Waals surface area contributed by atoms with Gasteiger partial charge in [-0.3, -0.25) is 15.1 Å². The van der Waals surface area contributed by atoms with Gasteiger partial charge in [-0.1, -0.05) is 0 Å². The molecule has 2 aromatic rings. The molecule has 2 rings (SSSR count). The molecule has 0 radical (unpaired) electrons. The molecule has 5 heteroatoms. The van der Waals surface area contributed by atoms with Gasteiger partial charge >= 0.3 is 0 Å². The lowest BCUT2D eigenvalue weighted by Crippen LogP contribution is -1.90. The molecule has 0 atom stereocenters. The predicted octanol–water partition coefficient (Wildman–Crippen LogP) is 2.43. The van der Waals surface area contributed by atoms with Crippen LogP contribution < -0.4 is 0 Å². The summed E-state index contributed by atoms with van der Waals surface area (Å²) in [6.07, 6.45) is 1.59. The number of hydrogen-bond acceptors (Lipinski definition) is 4. The maximum atomic E-state index is 10.7. The standard InChI is InChI=1S/C9H6N2O2S/c12-11(13)7-3-4-8(14)9-6(7)2-1-5-10-9/h1-5,14H. The second-order valence-corrected chi connectivity index (χ2v) is 3.24. The number of nitrogens with zero attached hydrogens (tertiary/aromatic N) is 2. The summed E-state index contributed by atoms with van der Waals surface area (Å²) in [4.78, 5) is 14.9. The molecule has 0 saturated carbocycles. The molecule has 1 heterocycles. The normalized spacial score (nSPS) is 10.4. The Labute approximate surface area is 85.1 Å². The molecule has 0 spiro atoms. The van der Waals surface area contributed by atoms with Crippen LogP contribution in [-0.4, -0.2) is 9.91 Å². The van der Waals surface area contributed by atoms with Gasteiger partial charge < -0.3 is 0 Å². The van der Waals surface area contributed by atoms with E-state index < -0.39 is 4.92 Å². The Balaban J connectivity index is 2.88. The van der Waals surface area contributed by atoms with Crippen molar-refractivity contribution in [1.29, 1.82) is 0 Å². The third kappa shape index (κ3) is 1.31. The van der Waals surface area contributed by atoms with Crippen LogP contribution in [0, 0.1) is 10.1 Å². The molecule has 0 aliphatic rings. The number of nitro benzene ring substituents is 1. The van der Waals surface area contributed by atoms with Crippen LogP contribution in [0.1, 0.15) is 0 Å². The van der Waals surface area contributed by atoms with E-state index in [0.717, 1.165) is 0 Å². The highest BCUT2D eigenvalue weighted by Crippen LogP contribution is 2.28. The van der Waals surface area contributed by atoms with Gasteiger partial charge in [-0.2, -0.15) is 0 Å². The van der Waals surface area contributed by atoms with Crippen molar-refractivity contribution in [3.63, 3.8) is 0 Å². The lowest BCUT2D eigenvalue weighted by Gasteiger charge is -2.00. The molecule has 0 saturated heterocycles. The number of aromatic nitrogens is 1. The predicted molar refractivity (Wildman–Crippen MR) is 55.6 cm³/mol. The monoisotopic (exact) mass is 206 g/mol. The van der Waals surface area contributed by atoms with E-state index in [1.54, 1.807) is 24.4 Å². The topological polar surface area (TPSA) is 56.0 Å². The Hall–Kier alpha value is -1.62. The molecule has 1 aromatic heterocycles. The van der Waals surface area contributed by atoms with E-state index in [9.17, 15) is 10.1 Å². The fourth-order valence-corrected chi connectivity index (χ4v) is 1.55. The van der Waals surface area contributed by atoms with Crippen molar-refractivity contribution in [3.05, 3.63) is 40.6 Å². The number of benzene rings is 1. The van der Waals surface area contributed by atoms with Crippen LogP contribution >= 0.6 is 12.6 Å². The second kappa shape index (κ2) is 3.26. The summed E-state index contributed by atoms with van der Waals surface area (Å²) in [6, 6.07) is 6.35. The van der Waals surface area contributed by atoms with E-state index in [2.05, 4.69) is 17.6 Å². The molecular formula is C9H6N2O2S. The number of non-ortho nitro benzene ring substituents is 1. The van der Waals surface area contributed by atoms with E-state index >= 15 is 0 Å². The summed E-state index contributed by atoms with van der Waals surface area (Å²) in [6.45, 7) is 0. The van der Waals surface area contributed by atoms with Crippen molar-refractivity contribution in [2.75, 3.05) is 0 Å². The fourth-order valence-electron chi connectivity index (χ4n) is 1.30. The van der Waals surface area contributed by atoms with Crippen molar-refractivity contribution in [2.45, 2.75) is 4.90 Å². The summed E-state index contributed by atoms with van der Waals surface area (Å²) in [5, 5.41) is 11.2. The minimum Gasteiger partial charge on any atom is -0.258 e. The Kier molecular flexibility index (Phi) is 2.09. The van der Waals surface area contributed by atoms with Gasteiger partial charge in [-0.15, -0.1) is 12.6 Å². The van der Waals surface area contributed by atoms with Gasteiger partial charge in [0.1, 0.15) is 0 Å². The average molecular weight is 206 g/mol. The van der Waals surface area contributed by atoms with E-state index in [1.807, 2.05) is 0 Å². The number of rotatable bonds is 1. The lowest BCUT2D eigenvalue weighted by molar-refractivity contribution is -0.383. The molecule has 1 aromatic carbocycles. The molecule has 0 fully saturated rings. The van der Waals surface area contributed by atoms with Gasteiger partial charge in [-0.05, 0) is 18.2 Å². The van der Waals surface area contributed by atoms with Crippen molar-refractivity contribution >= 4 is 29.2 Å².